The minimum absolute atomic E-state index is 0.134. The van der Waals surface area contributed by atoms with E-state index in [0.29, 0.717) is 5.56 Å². The number of pyridine rings is 1. The minimum Gasteiger partial charge on any atom is -0.389 e. The predicted molar refractivity (Wildman–Crippen MR) is 53.7 cm³/mol. The molecular weight excluding hydrogens is 215 g/mol. The zero-order valence-electron chi connectivity index (χ0n) is 8.72. The highest BCUT2D eigenvalue weighted by molar-refractivity contribution is 5.74. The number of aliphatic hydroxyl groups excluding tert-OH is 2. The van der Waals surface area contributed by atoms with E-state index in [1.54, 1.807) is 6.92 Å². The van der Waals surface area contributed by atoms with Crippen LogP contribution in [0.25, 0.3) is 0 Å². The first kappa shape index (κ1) is 12.5. The first-order chi connectivity index (χ1) is 7.41. The lowest BCUT2D eigenvalue weighted by Crippen LogP contribution is -2.26. The van der Waals surface area contributed by atoms with Crippen molar-refractivity contribution in [1.29, 1.82) is 0 Å². The van der Waals surface area contributed by atoms with Crippen LogP contribution in [0.15, 0.2) is 12.3 Å². The van der Waals surface area contributed by atoms with Gasteiger partial charge in [-0.1, -0.05) is 0 Å². The molecule has 16 heavy (non-hydrogen) atoms. The Labute approximate surface area is 91.7 Å². The van der Waals surface area contributed by atoms with E-state index in [1.165, 1.54) is 6.07 Å². The average Bonchev–Trinajstić information content (AvgIpc) is 2.15. The number of carbonyl (C=O) groups excluding carboxylic acids is 1. The summed E-state index contributed by atoms with van der Waals surface area (Å²) in [6.07, 6.45) is -2.13. The standard InChI is InChI=1S/C10H13FN2O3/c1-5-2-6(11)4-13-9(5)10(16)7(14)3-8(12)15/h2,4,7,10,14,16H,3H2,1H3,(H2,12,15). The molecule has 1 rings (SSSR count). The Bertz CT molecular complexity index is 398. The second-order valence-electron chi connectivity index (χ2n) is 3.54. The maximum Gasteiger partial charge on any atom is 0.220 e. The molecule has 88 valence electrons. The maximum atomic E-state index is 12.7. The second kappa shape index (κ2) is 5.00. The molecule has 1 aromatic rings. The number of nitrogens with two attached hydrogens (primary N) is 1. The molecule has 1 heterocycles. The van der Waals surface area contributed by atoms with Crippen molar-refractivity contribution in [3.8, 4) is 0 Å². The van der Waals surface area contributed by atoms with E-state index in [-0.39, 0.29) is 12.1 Å². The second-order valence-corrected chi connectivity index (χ2v) is 3.54. The molecule has 0 aliphatic carbocycles. The monoisotopic (exact) mass is 228 g/mol. The number of rotatable bonds is 4. The summed E-state index contributed by atoms with van der Waals surface area (Å²) in [5.74, 6) is -1.26. The summed E-state index contributed by atoms with van der Waals surface area (Å²) in [4.78, 5) is 14.2. The molecule has 0 aromatic carbocycles. The van der Waals surface area contributed by atoms with Crippen LogP contribution in [0, 0.1) is 12.7 Å². The fraction of sp³-hybridized carbons (Fsp3) is 0.400. The lowest BCUT2D eigenvalue weighted by molar-refractivity contribution is -0.121. The van der Waals surface area contributed by atoms with Crippen molar-refractivity contribution >= 4 is 5.91 Å². The smallest absolute Gasteiger partial charge is 0.220 e. The molecule has 1 aromatic heterocycles. The SMILES string of the molecule is Cc1cc(F)cnc1C(O)C(O)CC(N)=O. The van der Waals surface area contributed by atoms with Gasteiger partial charge >= 0.3 is 0 Å². The summed E-state index contributed by atoms with van der Waals surface area (Å²) < 4.78 is 12.7. The number of amides is 1. The van der Waals surface area contributed by atoms with Gasteiger partial charge in [0, 0.05) is 0 Å². The zero-order chi connectivity index (χ0) is 12.3. The fourth-order valence-corrected chi connectivity index (χ4v) is 1.36. The number of aromatic nitrogens is 1. The normalized spacial score (nSPS) is 14.5. The molecule has 0 aliphatic rings. The van der Waals surface area contributed by atoms with E-state index >= 15 is 0 Å². The van der Waals surface area contributed by atoms with Crippen molar-refractivity contribution in [3.63, 3.8) is 0 Å². The van der Waals surface area contributed by atoms with Crippen molar-refractivity contribution in [1.82, 2.24) is 4.98 Å². The van der Waals surface area contributed by atoms with E-state index in [9.17, 15) is 19.4 Å². The van der Waals surface area contributed by atoms with E-state index in [0.717, 1.165) is 6.20 Å². The highest BCUT2D eigenvalue weighted by Gasteiger charge is 2.23. The number of carbonyl (C=O) groups is 1. The molecule has 0 aliphatic heterocycles. The van der Waals surface area contributed by atoms with Crippen molar-refractivity contribution in [2.75, 3.05) is 0 Å². The number of aliphatic hydroxyl groups is 2. The van der Waals surface area contributed by atoms with E-state index in [2.05, 4.69) is 4.98 Å². The number of halogens is 1. The summed E-state index contributed by atoms with van der Waals surface area (Å²) in [6.45, 7) is 1.55. The molecule has 0 bridgehead atoms. The Morgan fingerprint density at radius 3 is 2.75 bits per heavy atom. The van der Waals surface area contributed by atoms with Crippen LogP contribution in [0.3, 0.4) is 0 Å². The molecule has 0 saturated heterocycles. The Morgan fingerprint density at radius 2 is 2.25 bits per heavy atom. The molecule has 4 N–H and O–H groups in total. The highest BCUT2D eigenvalue weighted by atomic mass is 19.1. The van der Waals surface area contributed by atoms with Crippen LogP contribution in [0.4, 0.5) is 4.39 Å². The summed E-state index contributed by atoms with van der Waals surface area (Å²) in [5.41, 5.74) is 5.41. The number of hydrogen-bond donors (Lipinski definition) is 3. The van der Waals surface area contributed by atoms with Gasteiger partial charge in [0.15, 0.2) is 0 Å². The lowest BCUT2D eigenvalue weighted by atomic mass is 10.0. The van der Waals surface area contributed by atoms with Crippen molar-refractivity contribution < 1.29 is 19.4 Å². The average molecular weight is 228 g/mol. The topological polar surface area (TPSA) is 96.4 Å². The van der Waals surface area contributed by atoms with Crippen LogP contribution in [0.1, 0.15) is 23.8 Å². The van der Waals surface area contributed by atoms with Crippen molar-refractivity contribution in [3.05, 3.63) is 29.3 Å². The third-order valence-corrected chi connectivity index (χ3v) is 2.14. The summed E-state index contributed by atoms with van der Waals surface area (Å²) in [5, 5.41) is 19.1. The minimum atomic E-state index is -1.35. The van der Waals surface area contributed by atoms with Gasteiger partial charge < -0.3 is 15.9 Å². The van der Waals surface area contributed by atoms with Crippen molar-refractivity contribution in [2.45, 2.75) is 25.6 Å². The molecule has 0 spiro atoms. The Hall–Kier alpha value is -1.53. The molecule has 2 atom stereocenters. The summed E-state index contributed by atoms with van der Waals surface area (Å²) >= 11 is 0. The zero-order valence-corrected chi connectivity index (χ0v) is 8.72. The largest absolute Gasteiger partial charge is 0.389 e. The third kappa shape index (κ3) is 2.98. The number of hydrogen-bond acceptors (Lipinski definition) is 4. The van der Waals surface area contributed by atoms with Gasteiger partial charge in [0.05, 0.1) is 24.4 Å². The van der Waals surface area contributed by atoms with Gasteiger partial charge in [-0.15, -0.1) is 0 Å². The van der Waals surface area contributed by atoms with Gasteiger partial charge in [-0.05, 0) is 18.6 Å². The van der Waals surface area contributed by atoms with Crippen LogP contribution < -0.4 is 5.73 Å². The third-order valence-electron chi connectivity index (χ3n) is 2.14. The van der Waals surface area contributed by atoms with Gasteiger partial charge in [-0.2, -0.15) is 0 Å². The number of aryl methyl sites for hydroxylation is 1. The lowest BCUT2D eigenvalue weighted by Gasteiger charge is -2.17. The fourth-order valence-electron chi connectivity index (χ4n) is 1.36. The molecule has 0 fully saturated rings. The van der Waals surface area contributed by atoms with Gasteiger partial charge in [0.25, 0.3) is 0 Å². The number of primary amides is 1. The Kier molecular flexibility index (Phi) is 3.92. The van der Waals surface area contributed by atoms with E-state index < -0.39 is 23.9 Å². The summed E-state index contributed by atoms with van der Waals surface area (Å²) in [6, 6.07) is 1.18. The molecule has 6 heteroatoms. The van der Waals surface area contributed by atoms with E-state index in [1.807, 2.05) is 0 Å². The maximum absolute atomic E-state index is 12.7. The van der Waals surface area contributed by atoms with Crippen LogP contribution in [-0.2, 0) is 4.79 Å². The first-order valence-corrected chi connectivity index (χ1v) is 4.68. The Morgan fingerprint density at radius 1 is 1.62 bits per heavy atom. The molecule has 5 nitrogen and oxygen atoms in total. The van der Waals surface area contributed by atoms with Gasteiger partial charge in [0.1, 0.15) is 11.9 Å². The number of nitrogens with zero attached hydrogens (tertiary/aromatic N) is 1. The van der Waals surface area contributed by atoms with Crippen LogP contribution in [-0.4, -0.2) is 27.2 Å². The molecule has 1 amide bonds. The summed E-state index contributed by atoms with van der Waals surface area (Å²) in [7, 11) is 0. The molecule has 0 saturated carbocycles. The quantitative estimate of drug-likeness (QED) is 0.664. The molecule has 0 radical (unpaired) electrons. The van der Waals surface area contributed by atoms with E-state index in [4.69, 9.17) is 5.73 Å². The van der Waals surface area contributed by atoms with Gasteiger partial charge in [-0.3, -0.25) is 9.78 Å². The van der Waals surface area contributed by atoms with Crippen LogP contribution >= 0.6 is 0 Å². The highest BCUT2D eigenvalue weighted by Crippen LogP contribution is 2.20. The van der Waals surface area contributed by atoms with Crippen LogP contribution in [0.5, 0.6) is 0 Å². The van der Waals surface area contributed by atoms with Gasteiger partial charge in [0.2, 0.25) is 5.91 Å². The van der Waals surface area contributed by atoms with Gasteiger partial charge in [-0.25, -0.2) is 4.39 Å². The molecule has 2 unspecified atom stereocenters. The van der Waals surface area contributed by atoms with Crippen LogP contribution in [0.2, 0.25) is 0 Å². The predicted octanol–water partition coefficient (Wildman–Crippen LogP) is -0.201. The van der Waals surface area contributed by atoms with Crippen molar-refractivity contribution in [2.24, 2.45) is 5.73 Å². The molecular formula is C10H13FN2O3. The first-order valence-electron chi connectivity index (χ1n) is 4.68. The Balaban J connectivity index is 2.87.